The first-order chi connectivity index (χ1) is 9.33. The minimum absolute atomic E-state index is 0.177. The summed E-state index contributed by atoms with van der Waals surface area (Å²) in [4.78, 5) is 27.4. The number of nitrogens with one attached hydrogen (secondary N) is 1. The van der Waals surface area contributed by atoms with Crippen LogP contribution in [0.5, 0.6) is 0 Å². The first-order valence-electron chi connectivity index (χ1n) is 6.37. The summed E-state index contributed by atoms with van der Waals surface area (Å²) in [5.74, 6) is -0.968. The number of pyridine rings is 1. The number of carbonyl (C=O) groups is 1. The molecule has 0 saturated carbocycles. The van der Waals surface area contributed by atoms with Crippen molar-refractivity contribution in [3.8, 4) is 0 Å². The molecule has 0 aliphatic heterocycles. The minimum Gasteiger partial charge on any atom is -0.480 e. The summed E-state index contributed by atoms with van der Waals surface area (Å²) >= 11 is 0. The largest absolute Gasteiger partial charge is 0.480 e. The Morgan fingerprint density at radius 3 is 2.75 bits per heavy atom. The molecule has 0 bridgehead atoms. The maximum Gasteiger partial charge on any atom is 0.328 e. The number of fused-ring (bicyclic) bond motifs is 1. The van der Waals surface area contributed by atoms with Crippen LogP contribution in [0.1, 0.15) is 26.5 Å². The second-order valence-corrected chi connectivity index (χ2v) is 5.14. The summed E-state index contributed by atoms with van der Waals surface area (Å²) in [6, 6.07) is 4.89. The summed E-state index contributed by atoms with van der Waals surface area (Å²) < 4.78 is 1.40. The number of nitrogens with zero attached hydrogens (tertiary/aromatic N) is 2. The van der Waals surface area contributed by atoms with Crippen molar-refractivity contribution in [2.24, 2.45) is 0 Å². The fourth-order valence-electron chi connectivity index (χ4n) is 1.82. The predicted molar refractivity (Wildman–Crippen MR) is 76.2 cm³/mol. The van der Waals surface area contributed by atoms with E-state index in [2.05, 4.69) is 10.3 Å². The van der Waals surface area contributed by atoms with Gasteiger partial charge in [-0.2, -0.15) is 0 Å². The van der Waals surface area contributed by atoms with E-state index in [1.54, 1.807) is 32.2 Å². The van der Waals surface area contributed by atoms with Crippen molar-refractivity contribution in [3.63, 3.8) is 0 Å². The quantitative estimate of drug-likeness (QED) is 0.884. The van der Waals surface area contributed by atoms with Crippen molar-refractivity contribution >= 4 is 17.3 Å². The summed E-state index contributed by atoms with van der Waals surface area (Å²) in [7, 11) is 0. The van der Waals surface area contributed by atoms with Crippen molar-refractivity contribution in [2.45, 2.75) is 32.7 Å². The number of hydrogen-bond donors (Lipinski definition) is 2. The number of aryl methyl sites for hydroxylation is 1. The van der Waals surface area contributed by atoms with E-state index in [0.717, 1.165) is 5.69 Å². The number of anilines is 1. The third kappa shape index (κ3) is 2.64. The topological polar surface area (TPSA) is 83.7 Å². The number of rotatable bonds is 4. The Bertz CT molecular complexity index is 719. The molecule has 0 unspecified atom stereocenters. The first-order valence-corrected chi connectivity index (χ1v) is 6.37. The van der Waals surface area contributed by atoms with Gasteiger partial charge < -0.3 is 10.4 Å². The molecule has 6 heteroatoms. The zero-order valence-corrected chi connectivity index (χ0v) is 11.7. The Hall–Kier alpha value is -2.37. The molecule has 0 saturated heterocycles. The van der Waals surface area contributed by atoms with Gasteiger partial charge in [0.25, 0.3) is 5.56 Å². The fraction of sp³-hybridized carbons (Fsp3) is 0.357. The zero-order valence-electron chi connectivity index (χ0n) is 11.7. The standard InChI is InChI=1S/C14H17N3O3/c1-4-9-7-12(18)17-8-10(5-6-11(17)15-9)16-14(2,3)13(19)20/h5-8,16H,4H2,1-3H3,(H,19,20). The molecule has 20 heavy (non-hydrogen) atoms. The molecule has 0 aliphatic carbocycles. The highest BCUT2D eigenvalue weighted by atomic mass is 16.4. The van der Waals surface area contributed by atoms with Crippen molar-refractivity contribution in [1.82, 2.24) is 9.38 Å². The van der Waals surface area contributed by atoms with Crippen molar-refractivity contribution in [3.05, 3.63) is 40.4 Å². The van der Waals surface area contributed by atoms with Gasteiger partial charge in [-0.1, -0.05) is 6.92 Å². The molecule has 0 aliphatic rings. The lowest BCUT2D eigenvalue weighted by Gasteiger charge is -2.22. The molecular weight excluding hydrogens is 258 g/mol. The highest BCUT2D eigenvalue weighted by Crippen LogP contribution is 2.15. The van der Waals surface area contributed by atoms with Crippen LogP contribution < -0.4 is 10.9 Å². The van der Waals surface area contributed by atoms with Gasteiger partial charge >= 0.3 is 5.97 Å². The van der Waals surface area contributed by atoms with E-state index in [4.69, 9.17) is 5.11 Å². The maximum absolute atomic E-state index is 12.0. The third-order valence-electron chi connectivity index (χ3n) is 3.07. The van der Waals surface area contributed by atoms with Gasteiger partial charge in [-0.3, -0.25) is 9.20 Å². The monoisotopic (exact) mass is 275 g/mol. The van der Waals surface area contributed by atoms with E-state index < -0.39 is 11.5 Å². The van der Waals surface area contributed by atoms with Gasteiger partial charge in [0, 0.05) is 18.0 Å². The molecule has 2 rings (SSSR count). The highest BCUT2D eigenvalue weighted by molar-refractivity contribution is 5.81. The fourth-order valence-corrected chi connectivity index (χ4v) is 1.82. The normalized spacial score (nSPS) is 11.6. The molecule has 2 N–H and O–H groups in total. The van der Waals surface area contributed by atoms with Crippen LogP contribution in [-0.4, -0.2) is 26.0 Å². The lowest BCUT2D eigenvalue weighted by atomic mass is 10.1. The Kier molecular flexibility index (Phi) is 3.48. The van der Waals surface area contributed by atoms with Gasteiger partial charge in [-0.15, -0.1) is 0 Å². The lowest BCUT2D eigenvalue weighted by Crippen LogP contribution is -2.40. The Morgan fingerprint density at radius 2 is 2.15 bits per heavy atom. The maximum atomic E-state index is 12.0. The van der Waals surface area contributed by atoms with E-state index in [1.165, 1.54) is 10.5 Å². The highest BCUT2D eigenvalue weighted by Gasteiger charge is 2.26. The van der Waals surface area contributed by atoms with E-state index in [-0.39, 0.29) is 5.56 Å². The molecule has 2 aromatic rings. The number of hydrogen-bond acceptors (Lipinski definition) is 4. The molecule has 2 heterocycles. The molecule has 2 aromatic heterocycles. The van der Waals surface area contributed by atoms with Crippen LogP contribution in [0.25, 0.3) is 5.65 Å². The third-order valence-corrected chi connectivity index (χ3v) is 3.07. The smallest absolute Gasteiger partial charge is 0.328 e. The number of aromatic nitrogens is 2. The van der Waals surface area contributed by atoms with Crippen LogP contribution in [0.15, 0.2) is 29.2 Å². The van der Waals surface area contributed by atoms with Crippen LogP contribution in [0, 0.1) is 0 Å². The van der Waals surface area contributed by atoms with Gasteiger partial charge in [0.15, 0.2) is 0 Å². The van der Waals surface area contributed by atoms with Crippen molar-refractivity contribution < 1.29 is 9.90 Å². The van der Waals surface area contributed by atoms with Crippen LogP contribution in [0.3, 0.4) is 0 Å². The van der Waals surface area contributed by atoms with Crippen molar-refractivity contribution in [1.29, 1.82) is 0 Å². The second kappa shape index (κ2) is 4.96. The summed E-state index contributed by atoms with van der Waals surface area (Å²) in [6.45, 7) is 5.05. The molecule has 0 amide bonds. The van der Waals surface area contributed by atoms with Gasteiger partial charge in [0.1, 0.15) is 11.2 Å². The average molecular weight is 275 g/mol. The number of aliphatic carboxylic acids is 1. The summed E-state index contributed by atoms with van der Waals surface area (Å²) in [6.07, 6.45) is 2.26. The zero-order chi connectivity index (χ0) is 14.9. The molecule has 0 atom stereocenters. The van der Waals surface area contributed by atoms with Gasteiger partial charge in [-0.05, 0) is 32.4 Å². The van der Waals surface area contributed by atoms with Crippen LogP contribution in [0.4, 0.5) is 5.69 Å². The minimum atomic E-state index is -1.12. The molecule has 6 nitrogen and oxygen atoms in total. The van der Waals surface area contributed by atoms with E-state index >= 15 is 0 Å². The van der Waals surface area contributed by atoms with E-state index in [1.807, 2.05) is 6.92 Å². The first kappa shape index (κ1) is 14.0. The van der Waals surface area contributed by atoms with E-state index in [9.17, 15) is 9.59 Å². The van der Waals surface area contributed by atoms with E-state index in [0.29, 0.717) is 17.8 Å². The molecule has 0 aromatic carbocycles. The van der Waals surface area contributed by atoms with Crippen LogP contribution in [-0.2, 0) is 11.2 Å². The molecule has 0 radical (unpaired) electrons. The second-order valence-electron chi connectivity index (χ2n) is 5.14. The van der Waals surface area contributed by atoms with Crippen LogP contribution in [0.2, 0.25) is 0 Å². The summed E-state index contributed by atoms with van der Waals surface area (Å²) in [5, 5.41) is 12.0. The predicted octanol–water partition coefficient (Wildman–Crippen LogP) is 1.53. The molecule has 106 valence electrons. The number of carboxylic acids is 1. The SMILES string of the molecule is CCc1cc(=O)n2cc(NC(C)(C)C(=O)O)ccc2n1. The van der Waals surface area contributed by atoms with Crippen molar-refractivity contribution in [2.75, 3.05) is 5.32 Å². The molecule has 0 spiro atoms. The average Bonchev–Trinajstić information content (AvgIpc) is 2.38. The van der Waals surface area contributed by atoms with Gasteiger partial charge in [0.05, 0.1) is 5.69 Å². The van der Waals surface area contributed by atoms with Crippen LogP contribution >= 0.6 is 0 Å². The Labute approximate surface area is 116 Å². The Balaban J connectivity index is 2.47. The summed E-state index contributed by atoms with van der Waals surface area (Å²) in [5.41, 5.74) is 0.546. The van der Waals surface area contributed by atoms with Gasteiger partial charge in [-0.25, -0.2) is 9.78 Å². The Morgan fingerprint density at radius 1 is 1.45 bits per heavy atom. The van der Waals surface area contributed by atoms with Gasteiger partial charge in [0.2, 0.25) is 0 Å². The number of carboxylic acid groups (broad SMARTS) is 1. The molecule has 0 fully saturated rings. The molecular formula is C14H17N3O3. The lowest BCUT2D eigenvalue weighted by molar-refractivity contribution is -0.141.